The molecule has 1 fully saturated rings. The number of guanidine groups is 1. The maximum absolute atomic E-state index is 12.7. The molecule has 2 aromatic rings. The summed E-state index contributed by atoms with van der Waals surface area (Å²) in [6, 6.07) is 5.66. The standard InChI is InChI=1S/C20H26F3N5S.HI/c1-3-17-10-25-18(29-17)11-26-19(24-2)27-16-8-9-28(13-16)12-14-4-6-15(7-5-14)20(21,22)23;/h4-7,10,16H,3,8-9,11-13H2,1-2H3,(H2,24,26,27);1H. The Balaban J connectivity index is 0.00000320. The van der Waals surface area contributed by atoms with Gasteiger partial charge < -0.3 is 10.6 Å². The molecule has 2 heterocycles. The van der Waals surface area contributed by atoms with Crippen molar-refractivity contribution in [3.8, 4) is 0 Å². The summed E-state index contributed by atoms with van der Waals surface area (Å²) in [6.07, 6.45) is -0.436. The van der Waals surface area contributed by atoms with E-state index in [2.05, 4.69) is 32.4 Å². The van der Waals surface area contributed by atoms with Crippen LogP contribution in [0.15, 0.2) is 35.5 Å². The van der Waals surface area contributed by atoms with Gasteiger partial charge in [0, 0.05) is 43.8 Å². The van der Waals surface area contributed by atoms with Gasteiger partial charge in [0.25, 0.3) is 0 Å². The van der Waals surface area contributed by atoms with E-state index >= 15 is 0 Å². The molecule has 3 rings (SSSR count). The van der Waals surface area contributed by atoms with E-state index < -0.39 is 11.7 Å². The number of hydrogen-bond donors (Lipinski definition) is 2. The molecule has 1 aromatic carbocycles. The molecule has 166 valence electrons. The molecule has 1 aliphatic rings. The van der Waals surface area contributed by atoms with Crippen LogP contribution in [0, 0.1) is 0 Å². The third-order valence-corrected chi connectivity index (χ3v) is 6.02. The molecule has 1 unspecified atom stereocenters. The highest BCUT2D eigenvalue weighted by atomic mass is 127. The van der Waals surface area contributed by atoms with E-state index in [1.165, 1.54) is 4.88 Å². The summed E-state index contributed by atoms with van der Waals surface area (Å²) in [5, 5.41) is 7.75. The molecule has 0 bridgehead atoms. The van der Waals surface area contributed by atoms with Gasteiger partial charge in [0.1, 0.15) is 5.01 Å². The first-order valence-corrected chi connectivity index (χ1v) is 10.5. The van der Waals surface area contributed by atoms with Crippen LogP contribution in [0.5, 0.6) is 0 Å². The maximum Gasteiger partial charge on any atom is 0.416 e. The second-order valence-electron chi connectivity index (χ2n) is 7.06. The fourth-order valence-corrected chi connectivity index (χ4v) is 4.09. The molecule has 0 amide bonds. The van der Waals surface area contributed by atoms with Gasteiger partial charge in [-0.3, -0.25) is 9.89 Å². The van der Waals surface area contributed by atoms with Crippen molar-refractivity contribution in [1.82, 2.24) is 20.5 Å². The lowest BCUT2D eigenvalue weighted by molar-refractivity contribution is -0.137. The fourth-order valence-electron chi connectivity index (χ4n) is 3.29. The van der Waals surface area contributed by atoms with Gasteiger partial charge in [0.15, 0.2) is 5.96 Å². The Bertz CT molecular complexity index is 823. The molecule has 1 aromatic heterocycles. The lowest BCUT2D eigenvalue weighted by atomic mass is 10.1. The molecule has 0 saturated carbocycles. The summed E-state index contributed by atoms with van der Waals surface area (Å²) in [6.45, 7) is 5.09. The maximum atomic E-state index is 12.7. The van der Waals surface area contributed by atoms with Crippen molar-refractivity contribution in [1.29, 1.82) is 0 Å². The number of halogens is 4. The molecule has 10 heteroatoms. The van der Waals surface area contributed by atoms with Crippen LogP contribution in [-0.4, -0.2) is 42.0 Å². The molecule has 1 saturated heterocycles. The Hall–Kier alpha value is -1.40. The molecule has 1 aliphatic heterocycles. The van der Waals surface area contributed by atoms with Crippen LogP contribution in [0.4, 0.5) is 13.2 Å². The summed E-state index contributed by atoms with van der Waals surface area (Å²) in [5.74, 6) is 0.736. The van der Waals surface area contributed by atoms with Gasteiger partial charge >= 0.3 is 6.18 Å². The number of rotatable bonds is 6. The second-order valence-corrected chi connectivity index (χ2v) is 8.26. The number of hydrogen-bond acceptors (Lipinski definition) is 4. The van der Waals surface area contributed by atoms with Crippen molar-refractivity contribution >= 4 is 41.3 Å². The highest BCUT2D eigenvalue weighted by Crippen LogP contribution is 2.29. The highest BCUT2D eigenvalue weighted by Gasteiger charge is 2.30. The quantitative estimate of drug-likeness (QED) is 0.319. The topological polar surface area (TPSA) is 52.6 Å². The van der Waals surface area contributed by atoms with Crippen molar-refractivity contribution in [2.45, 2.75) is 45.1 Å². The monoisotopic (exact) mass is 553 g/mol. The summed E-state index contributed by atoms with van der Waals surface area (Å²) >= 11 is 1.70. The Morgan fingerprint density at radius 3 is 2.63 bits per heavy atom. The summed E-state index contributed by atoms with van der Waals surface area (Å²) < 4.78 is 38.0. The summed E-state index contributed by atoms with van der Waals surface area (Å²) in [7, 11) is 1.74. The fraction of sp³-hybridized carbons (Fsp3) is 0.500. The Kier molecular flexibility index (Phi) is 9.35. The predicted molar refractivity (Wildman–Crippen MR) is 125 cm³/mol. The Morgan fingerprint density at radius 2 is 2.03 bits per heavy atom. The zero-order valence-corrected chi connectivity index (χ0v) is 20.1. The summed E-state index contributed by atoms with van der Waals surface area (Å²) in [4.78, 5) is 12.2. The van der Waals surface area contributed by atoms with Gasteiger partial charge in [-0.05, 0) is 30.5 Å². The zero-order valence-electron chi connectivity index (χ0n) is 17.0. The molecular weight excluding hydrogens is 526 g/mol. The molecule has 0 aliphatic carbocycles. The van der Waals surface area contributed by atoms with Crippen LogP contribution < -0.4 is 10.6 Å². The van der Waals surface area contributed by atoms with E-state index in [9.17, 15) is 13.2 Å². The lowest BCUT2D eigenvalue weighted by Gasteiger charge is -2.19. The second kappa shape index (κ2) is 11.3. The minimum Gasteiger partial charge on any atom is -0.352 e. The molecule has 0 radical (unpaired) electrons. The van der Waals surface area contributed by atoms with E-state index in [-0.39, 0.29) is 30.0 Å². The third-order valence-electron chi connectivity index (χ3n) is 4.88. The van der Waals surface area contributed by atoms with Crippen LogP contribution in [0.2, 0.25) is 0 Å². The van der Waals surface area contributed by atoms with Crippen molar-refractivity contribution in [3.63, 3.8) is 0 Å². The molecular formula is C20H27F3IN5S. The Labute approximate surface area is 196 Å². The van der Waals surface area contributed by atoms with E-state index in [0.29, 0.717) is 13.1 Å². The van der Waals surface area contributed by atoms with Gasteiger partial charge in [-0.2, -0.15) is 13.2 Å². The van der Waals surface area contributed by atoms with Gasteiger partial charge in [-0.15, -0.1) is 35.3 Å². The molecule has 0 spiro atoms. The zero-order chi connectivity index (χ0) is 20.9. The number of aromatic nitrogens is 1. The minimum absolute atomic E-state index is 0. The average Bonchev–Trinajstić information content (AvgIpc) is 3.34. The summed E-state index contributed by atoms with van der Waals surface area (Å²) in [5.41, 5.74) is 0.278. The van der Waals surface area contributed by atoms with Crippen LogP contribution >= 0.6 is 35.3 Å². The first kappa shape index (κ1) is 24.9. The van der Waals surface area contributed by atoms with Gasteiger partial charge in [0.2, 0.25) is 0 Å². The molecule has 30 heavy (non-hydrogen) atoms. The van der Waals surface area contributed by atoms with Crippen LogP contribution in [0.3, 0.4) is 0 Å². The third kappa shape index (κ3) is 7.09. The SMILES string of the molecule is CCc1cnc(CNC(=NC)NC2CCN(Cc3ccc(C(F)(F)F)cc3)C2)s1.I. The van der Waals surface area contributed by atoms with Crippen molar-refractivity contribution in [2.75, 3.05) is 20.1 Å². The first-order valence-electron chi connectivity index (χ1n) is 9.66. The Morgan fingerprint density at radius 1 is 1.30 bits per heavy atom. The van der Waals surface area contributed by atoms with Crippen LogP contribution in [-0.2, 0) is 25.7 Å². The van der Waals surface area contributed by atoms with Crippen molar-refractivity contribution in [2.24, 2.45) is 4.99 Å². The van der Waals surface area contributed by atoms with Gasteiger partial charge in [-0.25, -0.2) is 4.98 Å². The number of aryl methyl sites for hydroxylation is 1. The first-order chi connectivity index (χ1) is 13.9. The molecule has 1 atom stereocenters. The number of alkyl halides is 3. The highest BCUT2D eigenvalue weighted by molar-refractivity contribution is 14.0. The number of benzene rings is 1. The van der Waals surface area contributed by atoms with E-state index in [1.807, 2.05) is 6.20 Å². The van der Waals surface area contributed by atoms with Gasteiger partial charge in [-0.1, -0.05) is 19.1 Å². The number of nitrogens with zero attached hydrogens (tertiary/aromatic N) is 3. The molecule has 2 N–H and O–H groups in total. The minimum atomic E-state index is -4.29. The number of likely N-dealkylation sites (tertiary alicyclic amines) is 1. The van der Waals surface area contributed by atoms with E-state index in [4.69, 9.17) is 0 Å². The van der Waals surface area contributed by atoms with Crippen LogP contribution in [0.1, 0.15) is 34.4 Å². The van der Waals surface area contributed by atoms with E-state index in [1.54, 1.807) is 30.5 Å². The van der Waals surface area contributed by atoms with E-state index in [0.717, 1.165) is 54.6 Å². The average molecular weight is 553 g/mol. The number of aliphatic imine (C=N–C) groups is 1. The van der Waals surface area contributed by atoms with Crippen molar-refractivity contribution in [3.05, 3.63) is 51.5 Å². The predicted octanol–water partition coefficient (Wildman–Crippen LogP) is 4.28. The van der Waals surface area contributed by atoms with Crippen molar-refractivity contribution < 1.29 is 13.2 Å². The lowest BCUT2D eigenvalue weighted by Crippen LogP contribution is -2.44. The largest absolute Gasteiger partial charge is 0.416 e. The number of thiazole rings is 1. The van der Waals surface area contributed by atoms with Gasteiger partial charge in [0.05, 0.1) is 12.1 Å². The van der Waals surface area contributed by atoms with Crippen LogP contribution in [0.25, 0.3) is 0 Å². The smallest absolute Gasteiger partial charge is 0.352 e. The molecule has 5 nitrogen and oxygen atoms in total. The number of nitrogens with one attached hydrogen (secondary N) is 2. The normalized spacial score (nSPS) is 17.6.